The summed E-state index contributed by atoms with van der Waals surface area (Å²) in [5.74, 6) is -0.116. The summed E-state index contributed by atoms with van der Waals surface area (Å²) in [4.78, 5) is 27.5. The van der Waals surface area contributed by atoms with Crippen molar-refractivity contribution in [1.29, 1.82) is 0 Å². The van der Waals surface area contributed by atoms with Crippen molar-refractivity contribution in [1.82, 2.24) is 4.90 Å². The van der Waals surface area contributed by atoms with E-state index in [0.717, 1.165) is 41.8 Å². The van der Waals surface area contributed by atoms with Gasteiger partial charge in [0.2, 0.25) is 5.91 Å². The van der Waals surface area contributed by atoms with Gasteiger partial charge in [-0.1, -0.05) is 42.8 Å². The van der Waals surface area contributed by atoms with E-state index < -0.39 is 0 Å². The second kappa shape index (κ2) is 8.97. The van der Waals surface area contributed by atoms with E-state index in [9.17, 15) is 9.59 Å². The number of rotatable bonds is 5. The summed E-state index contributed by atoms with van der Waals surface area (Å²) in [6, 6.07) is 19.9. The number of fused-ring (bicyclic) bond motifs is 2. The maximum atomic E-state index is 12.6. The number of carbonyl (C=O) groups is 2. The maximum Gasteiger partial charge on any atom is 0.256 e. The van der Waals surface area contributed by atoms with Crippen molar-refractivity contribution >= 4 is 45.6 Å². The second-order valence-corrected chi connectivity index (χ2v) is 8.58. The van der Waals surface area contributed by atoms with Crippen LogP contribution in [-0.4, -0.2) is 36.3 Å². The van der Waals surface area contributed by atoms with Crippen molar-refractivity contribution < 1.29 is 9.59 Å². The smallest absolute Gasteiger partial charge is 0.256 e. The Morgan fingerprint density at radius 1 is 0.969 bits per heavy atom. The van der Waals surface area contributed by atoms with Crippen LogP contribution in [0.1, 0.15) is 36.8 Å². The maximum absolute atomic E-state index is 12.6. The molecule has 162 valence electrons. The largest absolute Gasteiger partial charge is 0.326 e. The highest BCUT2D eigenvalue weighted by Crippen LogP contribution is 2.35. The second-order valence-electron chi connectivity index (χ2n) is 8.58. The van der Waals surface area contributed by atoms with Gasteiger partial charge < -0.3 is 15.5 Å². The Morgan fingerprint density at radius 3 is 2.62 bits per heavy atom. The van der Waals surface area contributed by atoms with Gasteiger partial charge in [-0.05, 0) is 72.6 Å². The molecule has 0 aromatic heterocycles. The molecule has 5 rings (SSSR count). The number of nitrogens with one attached hydrogen (secondary N) is 2. The highest BCUT2D eigenvalue weighted by molar-refractivity contribution is 6.35. The Kier molecular flexibility index (Phi) is 5.73. The summed E-state index contributed by atoms with van der Waals surface area (Å²) in [6.07, 6.45) is 6.13. The lowest BCUT2D eigenvalue weighted by molar-refractivity contribution is -0.116. The Morgan fingerprint density at radius 2 is 1.78 bits per heavy atom. The molecule has 0 radical (unpaired) electrons. The van der Waals surface area contributed by atoms with Crippen LogP contribution in [-0.2, 0) is 9.59 Å². The van der Waals surface area contributed by atoms with Gasteiger partial charge in [-0.25, -0.2) is 0 Å². The molecule has 0 saturated carbocycles. The number of carbonyl (C=O) groups excluding carboxylic acids is 2. The van der Waals surface area contributed by atoms with Crippen molar-refractivity contribution in [2.75, 3.05) is 30.3 Å². The van der Waals surface area contributed by atoms with Crippen LogP contribution in [0.15, 0.2) is 60.7 Å². The fourth-order valence-electron chi connectivity index (χ4n) is 4.54. The van der Waals surface area contributed by atoms with Gasteiger partial charge in [0, 0.05) is 35.5 Å². The number of anilines is 2. The van der Waals surface area contributed by atoms with Gasteiger partial charge in [0.15, 0.2) is 0 Å². The van der Waals surface area contributed by atoms with Gasteiger partial charge in [-0.15, -0.1) is 0 Å². The summed E-state index contributed by atoms with van der Waals surface area (Å²) in [5.41, 5.74) is 3.89. The third-order valence-corrected chi connectivity index (χ3v) is 6.27. The van der Waals surface area contributed by atoms with Crippen LogP contribution < -0.4 is 10.6 Å². The van der Waals surface area contributed by atoms with Gasteiger partial charge in [0.25, 0.3) is 5.91 Å². The molecule has 2 aliphatic heterocycles. The normalized spacial score (nSPS) is 17.4. The number of hydrogen-bond donors (Lipinski definition) is 2. The average Bonchev–Trinajstić information content (AvgIpc) is 3.13. The Labute approximate surface area is 188 Å². The molecule has 2 heterocycles. The molecule has 0 aliphatic carbocycles. The van der Waals surface area contributed by atoms with Crippen molar-refractivity contribution in [3.63, 3.8) is 0 Å². The van der Waals surface area contributed by atoms with Gasteiger partial charge >= 0.3 is 0 Å². The van der Waals surface area contributed by atoms with Crippen LogP contribution in [0.5, 0.6) is 0 Å². The fourth-order valence-corrected chi connectivity index (χ4v) is 4.54. The molecular weight excluding hydrogens is 398 g/mol. The summed E-state index contributed by atoms with van der Waals surface area (Å²) >= 11 is 0. The molecule has 3 aromatic carbocycles. The molecule has 2 aliphatic rings. The standard InChI is InChI=1S/C27H27N3O2/c31-26(12-15-30-13-4-1-5-14-30)28-22-10-11-25-23(18-22)24(27(32)29-25)17-19-8-9-20-6-2-3-7-21(20)16-19/h2-3,6-11,16-18H,1,4-5,12-15H2,(H,28,31)(H,29,32)/b24-17+. The lowest BCUT2D eigenvalue weighted by Crippen LogP contribution is -2.32. The fraction of sp³-hybridized carbons (Fsp3) is 0.259. The van der Waals surface area contributed by atoms with E-state index in [1.807, 2.05) is 42.5 Å². The minimum atomic E-state index is -0.123. The molecule has 0 bridgehead atoms. The van der Waals surface area contributed by atoms with Crippen molar-refractivity contribution in [3.05, 3.63) is 71.8 Å². The molecular formula is C27H27N3O2. The van der Waals surface area contributed by atoms with Crippen LogP contribution in [0.25, 0.3) is 22.4 Å². The first-order chi connectivity index (χ1) is 15.7. The third kappa shape index (κ3) is 4.43. The number of hydrogen-bond acceptors (Lipinski definition) is 3. The van der Waals surface area contributed by atoms with Crippen LogP contribution in [0.3, 0.4) is 0 Å². The predicted octanol–water partition coefficient (Wildman–Crippen LogP) is 5.15. The molecule has 5 heteroatoms. The van der Waals surface area contributed by atoms with Gasteiger partial charge in [-0.3, -0.25) is 9.59 Å². The van der Waals surface area contributed by atoms with E-state index >= 15 is 0 Å². The average molecular weight is 426 g/mol. The quantitative estimate of drug-likeness (QED) is 0.556. The number of nitrogens with zero attached hydrogens (tertiary/aromatic N) is 1. The zero-order valence-electron chi connectivity index (χ0n) is 18.1. The highest BCUT2D eigenvalue weighted by Gasteiger charge is 2.24. The minimum absolute atomic E-state index is 0.00728. The number of benzene rings is 3. The molecule has 0 spiro atoms. The van der Waals surface area contributed by atoms with Gasteiger partial charge in [-0.2, -0.15) is 0 Å². The first-order valence-electron chi connectivity index (χ1n) is 11.3. The molecule has 1 saturated heterocycles. The SMILES string of the molecule is O=C(CCN1CCCCC1)Nc1ccc2c(c1)/C(=C\c1ccc3ccccc3c1)C(=O)N2. The first-order valence-corrected chi connectivity index (χ1v) is 11.3. The lowest BCUT2D eigenvalue weighted by Gasteiger charge is -2.25. The molecule has 5 nitrogen and oxygen atoms in total. The van der Waals surface area contributed by atoms with Crippen molar-refractivity contribution in [2.24, 2.45) is 0 Å². The minimum Gasteiger partial charge on any atom is -0.326 e. The van der Waals surface area contributed by atoms with Crippen LogP contribution in [0.4, 0.5) is 11.4 Å². The summed E-state index contributed by atoms with van der Waals surface area (Å²) in [5, 5.41) is 8.23. The molecule has 0 unspecified atom stereocenters. The molecule has 3 aromatic rings. The zero-order chi connectivity index (χ0) is 21.9. The topological polar surface area (TPSA) is 61.4 Å². The first kappa shape index (κ1) is 20.5. The number of amides is 2. The van der Waals surface area contributed by atoms with Crippen molar-refractivity contribution in [2.45, 2.75) is 25.7 Å². The Bertz CT molecular complexity index is 1210. The number of piperidine rings is 1. The highest BCUT2D eigenvalue weighted by atomic mass is 16.2. The molecule has 1 fully saturated rings. The van der Waals surface area contributed by atoms with E-state index in [-0.39, 0.29) is 11.8 Å². The van der Waals surface area contributed by atoms with Crippen LogP contribution in [0, 0.1) is 0 Å². The van der Waals surface area contributed by atoms with E-state index in [4.69, 9.17) is 0 Å². The third-order valence-electron chi connectivity index (χ3n) is 6.27. The summed E-state index contributed by atoms with van der Waals surface area (Å²) in [7, 11) is 0. The molecule has 2 N–H and O–H groups in total. The van der Waals surface area contributed by atoms with Crippen LogP contribution >= 0.6 is 0 Å². The van der Waals surface area contributed by atoms with Crippen LogP contribution in [0.2, 0.25) is 0 Å². The lowest BCUT2D eigenvalue weighted by atomic mass is 10.0. The zero-order valence-corrected chi connectivity index (χ0v) is 18.1. The van der Waals surface area contributed by atoms with E-state index in [2.05, 4.69) is 39.8 Å². The molecule has 2 amide bonds. The van der Waals surface area contributed by atoms with E-state index in [1.165, 1.54) is 24.6 Å². The monoisotopic (exact) mass is 425 g/mol. The number of likely N-dealkylation sites (tertiary alicyclic amines) is 1. The van der Waals surface area contributed by atoms with Crippen molar-refractivity contribution in [3.8, 4) is 0 Å². The molecule has 32 heavy (non-hydrogen) atoms. The van der Waals surface area contributed by atoms with E-state index in [0.29, 0.717) is 17.7 Å². The Hall–Kier alpha value is -3.44. The van der Waals surface area contributed by atoms with Gasteiger partial charge in [0.05, 0.1) is 0 Å². The summed E-state index contributed by atoms with van der Waals surface area (Å²) < 4.78 is 0. The van der Waals surface area contributed by atoms with Gasteiger partial charge in [0.1, 0.15) is 0 Å². The summed E-state index contributed by atoms with van der Waals surface area (Å²) in [6.45, 7) is 2.97. The Balaban J connectivity index is 1.33. The predicted molar refractivity (Wildman–Crippen MR) is 130 cm³/mol. The van der Waals surface area contributed by atoms with E-state index in [1.54, 1.807) is 0 Å². The molecule has 0 atom stereocenters.